The standard InChI is InChI=1S/C26H20F3N3O3/c27-26(28,29)17-3-1-2-16(12-17)21-5-4-18(13-31-21)24(7-8-24)23(34)32-11-9-25(15-32)20-6-10-30-14-19(20)22(33)35-25/h1-6,10,12-14H,7-9,11,15H2/t25-/m0/s1. The molecule has 1 amide bonds. The van der Waals surface area contributed by atoms with E-state index in [9.17, 15) is 22.8 Å². The summed E-state index contributed by atoms with van der Waals surface area (Å²) >= 11 is 0. The van der Waals surface area contributed by atoms with E-state index in [2.05, 4.69) is 9.97 Å². The van der Waals surface area contributed by atoms with Crippen LogP contribution in [-0.2, 0) is 26.7 Å². The maximum Gasteiger partial charge on any atom is 0.416 e. The Labute approximate surface area is 198 Å². The van der Waals surface area contributed by atoms with Crippen molar-refractivity contribution in [1.82, 2.24) is 14.9 Å². The van der Waals surface area contributed by atoms with Crippen LogP contribution in [0.2, 0.25) is 0 Å². The van der Waals surface area contributed by atoms with Crippen molar-refractivity contribution < 1.29 is 27.5 Å². The van der Waals surface area contributed by atoms with Crippen LogP contribution in [0.4, 0.5) is 13.2 Å². The number of esters is 1. The number of hydrogen-bond donors (Lipinski definition) is 0. The molecular formula is C26H20F3N3O3. The zero-order valence-electron chi connectivity index (χ0n) is 18.5. The van der Waals surface area contributed by atoms with Crippen molar-refractivity contribution in [3.05, 3.63) is 83.3 Å². The Morgan fingerprint density at radius 2 is 1.89 bits per heavy atom. The number of ether oxygens (including phenoxy) is 1. The van der Waals surface area contributed by atoms with Gasteiger partial charge in [-0.05, 0) is 42.7 Å². The number of fused-ring (bicyclic) bond motifs is 2. The van der Waals surface area contributed by atoms with Crippen LogP contribution in [0.1, 0.15) is 46.3 Å². The fourth-order valence-electron chi connectivity index (χ4n) is 5.26. The summed E-state index contributed by atoms with van der Waals surface area (Å²) in [4.78, 5) is 36.1. The largest absolute Gasteiger partial charge is 0.449 e. The quantitative estimate of drug-likeness (QED) is 0.518. The number of carbonyl (C=O) groups excluding carboxylic acids is 2. The van der Waals surface area contributed by atoms with Crippen molar-refractivity contribution in [3.63, 3.8) is 0 Å². The van der Waals surface area contributed by atoms with E-state index in [1.807, 2.05) is 0 Å². The highest BCUT2D eigenvalue weighted by atomic mass is 19.4. The Morgan fingerprint density at radius 1 is 1.06 bits per heavy atom. The minimum Gasteiger partial charge on any atom is -0.449 e. The van der Waals surface area contributed by atoms with E-state index in [1.54, 1.807) is 41.6 Å². The van der Waals surface area contributed by atoms with Gasteiger partial charge in [-0.3, -0.25) is 14.8 Å². The molecule has 6 rings (SSSR count). The van der Waals surface area contributed by atoms with Crippen LogP contribution in [-0.4, -0.2) is 39.8 Å². The average molecular weight is 479 g/mol. The fraction of sp³-hybridized carbons (Fsp3) is 0.308. The first-order valence-electron chi connectivity index (χ1n) is 11.3. The van der Waals surface area contributed by atoms with Crippen LogP contribution in [0.3, 0.4) is 0 Å². The lowest BCUT2D eigenvalue weighted by Crippen LogP contribution is -2.40. The molecule has 9 heteroatoms. The van der Waals surface area contributed by atoms with Crippen LogP contribution < -0.4 is 0 Å². The lowest BCUT2D eigenvalue weighted by Gasteiger charge is -2.26. The third-order valence-electron chi connectivity index (χ3n) is 7.30. The van der Waals surface area contributed by atoms with Gasteiger partial charge >= 0.3 is 12.1 Å². The number of aromatic nitrogens is 2. The van der Waals surface area contributed by atoms with Gasteiger partial charge < -0.3 is 9.64 Å². The summed E-state index contributed by atoms with van der Waals surface area (Å²) in [5.74, 6) is -0.459. The monoisotopic (exact) mass is 479 g/mol. The molecule has 1 spiro atoms. The van der Waals surface area contributed by atoms with Crippen molar-refractivity contribution in [2.75, 3.05) is 13.1 Å². The molecule has 35 heavy (non-hydrogen) atoms. The molecule has 6 nitrogen and oxygen atoms in total. The van der Waals surface area contributed by atoms with Gasteiger partial charge in [0.15, 0.2) is 5.60 Å². The molecule has 4 heterocycles. The molecule has 3 aromatic rings. The molecule has 178 valence electrons. The summed E-state index contributed by atoms with van der Waals surface area (Å²) in [5, 5.41) is 0. The van der Waals surface area contributed by atoms with Crippen LogP contribution >= 0.6 is 0 Å². The Bertz CT molecular complexity index is 1350. The molecule has 2 fully saturated rings. The van der Waals surface area contributed by atoms with Crippen LogP contribution in [0.5, 0.6) is 0 Å². The van der Waals surface area contributed by atoms with Gasteiger partial charge in [-0.15, -0.1) is 0 Å². The van der Waals surface area contributed by atoms with Gasteiger partial charge in [0.2, 0.25) is 5.91 Å². The number of pyridine rings is 2. The molecule has 1 saturated carbocycles. The first-order valence-corrected chi connectivity index (χ1v) is 11.3. The lowest BCUT2D eigenvalue weighted by atomic mass is 9.92. The number of hydrogen-bond acceptors (Lipinski definition) is 5. The van der Waals surface area contributed by atoms with E-state index in [0.29, 0.717) is 42.6 Å². The molecule has 1 aromatic carbocycles. The van der Waals surface area contributed by atoms with Crippen LogP contribution in [0, 0.1) is 0 Å². The molecule has 2 aliphatic heterocycles. The average Bonchev–Trinajstić information content (AvgIpc) is 3.49. The summed E-state index contributed by atoms with van der Waals surface area (Å²) in [6, 6.07) is 10.2. The van der Waals surface area contributed by atoms with E-state index in [1.165, 1.54) is 12.3 Å². The molecule has 0 N–H and O–H groups in total. The van der Waals surface area contributed by atoms with Gasteiger partial charge in [0.1, 0.15) is 0 Å². The third-order valence-corrected chi connectivity index (χ3v) is 7.30. The Balaban J connectivity index is 1.23. The topological polar surface area (TPSA) is 72.4 Å². The summed E-state index contributed by atoms with van der Waals surface area (Å²) in [7, 11) is 0. The highest BCUT2D eigenvalue weighted by molar-refractivity contribution is 5.95. The molecule has 2 aromatic heterocycles. The van der Waals surface area contributed by atoms with Gasteiger partial charge in [-0.1, -0.05) is 18.2 Å². The Hall–Kier alpha value is -3.75. The van der Waals surface area contributed by atoms with E-state index < -0.39 is 28.7 Å². The van der Waals surface area contributed by atoms with E-state index >= 15 is 0 Å². The first-order chi connectivity index (χ1) is 16.7. The number of nitrogens with zero attached hydrogens (tertiary/aromatic N) is 3. The molecule has 1 atom stereocenters. The smallest absolute Gasteiger partial charge is 0.416 e. The Kier molecular flexibility index (Phi) is 4.58. The number of amides is 1. The summed E-state index contributed by atoms with van der Waals surface area (Å²) in [6.07, 6.45) is 2.12. The van der Waals surface area contributed by atoms with Gasteiger partial charge in [0, 0.05) is 42.7 Å². The highest BCUT2D eigenvalue weighted by Crippen LogP contribution is 2.52. The van der Waals surface area contributed by atoms with Crippen molar-refractivity contribution in [2.24, 2.45) is 0 Å². The number of benzene rings is 1. The number of alkyl halides is 3. The van der Waals surface area contributed by atoms with Crippen molar-refractivity contribution in [3.8, 4) is 11.3 Å². The maximum atomic E-state index is 13.6. The SMILES string of the molecule is O=C1O[C@]2(CCN(C(=O)C3(c4ccc(-c5cccc(C(F)(F)F)c5)nc4)CC3)C2)c2ccncc21. The lowest BCUT2D eigenvalue weighted by molar-refractivity contribution is -0.137. The molecule has 1 saturated heterocycles. The second-order valence-corrected chi connectivity index (χ2v) is 9.37. The fourth-order valence-corrected chi connectivity index (χ4v) is 5.26. The number of carbonyl (C=O) groups is 2. The second kappa shape index (κ2) is 7.37. The zero-order chi connectivity index (χ0) is 24.4. The minimum atomic E-state index is -4.43. The third kappa shape index (κ3) is 3.40. The molecule has 0 unspecified atom stereocenters. The van der Waals surface area contributed by atoms with E-state index in [-0.39, 0.29) is 12.5 Å². The molecule has 1 aliphatic carbocycles. The minimum absolute atomic E-state index is 0.0402. The zero-order valence-corrected chi connectivity index (χ0v) is 18.5. The summed E-state index contributed by atoms with van der Waals surface area (Å²) in [6.45, 7) is 0.747. The first kappa shape index (κ1) is 21.8. The summed E-state index contributed by atoms with van der Waals surface area (Å²) < 4.78 is 44.9. The number of rotatable bonds is 3. The molecule has 0 bridgehead atoms. The second-order valence-electron chi connectivity index (χ2n) is 9.37. The number of likely N-dealkylation sites (tertiary alicyclic amines) is 1. The predicted molar refractivity (Wildman–Crippen MR) is 118 cm³/mol. The molecular weight excluding hydrogens is 459 g/mol. The van der Waals surface area contributed by atoms with Gasteiger partial charge in [-0.25, -0.2) is 4.79 Å². The number of halogens is 3. The highest BCUT2D eigenvalue weighted by Gasteiger charge is 2.58. The van der Waals surface area contributed by atoms with E-state index in [4.69, 9.17) is 4.74 Å². The normalized spacial score (nSPS) is 22.3. The Morgan fingerprint density at radius 3 is 2.60 bits per heavy atom. The molecule has 0 radical (unpaired) electrons. The van der Waals surface area contributed by atoms with Gasteiger partial charge in [0.05, 0.1) is 28.8 Å². The van der Waals surface area contributed by atoms with Crippen molar-refractivity contribution in [2.45, 2.75) is 36.5 Å². The van der Waals surface area contributed by atoms with Crippen LogP contribution in [0.25, 0.3) is 11.3 Å². The van der Waals surface area contributed by atoms with Crippen molar-refractivity contribution in [1.29, 1.82) is 0 Å². The molecule has 3 aliphatic rings. The van der Waals surface area contributed by atoms with Crippen molar-refractivity contribution >= 4 is 11.9 Å². The van der Waals surface area contributed by atoms with Gasteiger partial charge in [0.25, 0.3) is 0 Å². The van der Waals surface area contributed by atoms with E-state index in [0.717, 1.165) is 23.3 Å². The van der Waals surface area contributed by atoms with Crippen LogP contribution in [0.15, 0.2) is 61.1 Å². The maximum absolute atomic E-state index is 13.6. The summed E-state index contributed by atoms with van der Waals surface area (Å²) in [5.41, 5.74) is 0.449. The predicted octanol–water partition coefficient (Wildman–Crippen LogP) is 4.49. The van der Waals surface area contributed by atoms with Gasteiger partial charge in [-0.2, -0.15) is 13.2 Å².